The molecule has 2 rings (SSSR count). The van der Waals surface area contributed by atoms with Gasteiger partial charge in [0.1, 0.15) is 6.61 Å². The molecular weight excluding hydrogens is 192 g/mol. The Morgan fingerprint density at radius 3 is 3.13 bits per heavy atom. The van der Waals surface area contributed by atoms with E-state index < -0.39 is 0 Å². The molecule has 0 aliphatic carbocycles. The molecule has 15 heavy (non-hydrogen) atoms. The molecule has 0 bridgehead atoms. The van der Waals surface area contributed by atoms with Gasteiger partial charge in [-0.3, -0.25) is 4.79 Å². The van der Waals surface area contributed by atoms with Crippen LogP contribution in [-0.4, -0.2) is 49.7 Å². The molecule has 0 spiro atoms. The van der Waals surface area contributed by atoms with E-state index in [0.29, 0.717) is 5.92 Å². The highest BCUT2D eigenvalue weighted by molar-refractivity contribution is 5.78. The molecule has 0 saturated carbocycles. The number of nitrogens with zero attached hydrogens (tertiary/aromatic N) is 1. The van der Waals surface area contributed by atoms with Crippen LogP contribution in [0.15, 0.2) is 0 Å². The van der Waals surface area contributed by atoms with Crippen molar-refractivity contribution in [3.05, 3.63) is 0 Å². The van der Waals surface area contributed by atoms with Gasteiger partial charge in [-0.1, -0.05) is 0 Å². The fourth-order valence-corrected chi connectivity index (χ4v) is 2.43. The van der Waals surface area contributed by atoms with Crippen molar-refractivity contribution in [1.82, 2.24) is 10.2 Å². The van der Waals surface area contributed by atoms with E-state index in [-0.39, 0.29) is 18.6 Å². The van der Waals surface area contributed by atoms with Gasteiger partial charge < -0.3 is 15.0 Å². The molecule has 1 N–H and O–H groups in total. The van der Waals surface area contributed by atoms with E-state index in [1.165, 1.54) is 12.8 Å². The average molecular weight is 212 g/mol. The van der Waals surface area contributed by atoms with Crippen LogP contribution in [-0.2, 0) is 9.53 Å². The van der Waals surface area contributed by atoms with Gasteiger partial charge >= 0.3 is 0 Å². The summed E-state index contributed by atoms with van der Waals surface area (Å²) in [6.07, 6.45) is 2.70. The largest absolute Gasteiger partial charge is 0.366 e. The molecule has 2 heterocycles. The van der Waals surface area contributed by atoms with Gasteiger partial charge in [-0.15, -0.1) is 0 Å². The highest BCUT2D eigenvalue weighted by atomic mass is 16.5. The molecule has 4 heteroatoms. The maximum atomic E-state index is 11.4. The number of carbonyl (C=O) groups is 1. The van der Waals surface area contributed by atoms with Crippen molar-refractivity contribution >= 4 is 5.91 Å². The average Bonchev–Trinajstić information content (AvgIpc) is 2.31. The Morgan fingerprint density at radius 2 is 2.47 bits per heavy atom. The van der Waals surface area contributed by atoms with E-state index in [0.717, 1.165) is 26.2 Å². The van der Waals surface area contributed by atoms with Crippen LogP contribution in [0, 0.1) is 5.92 Å². The van der Waals surface area contributed by atoms with Crippen molar-refractivity contribution < 1.29 is 9.53 Å². The molecule has 2 aliphatic rings. The van der Waals surface area contributed by atoms with Crippen molar-refractivity contribution in [1.29, 1.82) is 0 Å². The Hall–Kier alpha value is -0.610. The van der Waals surface area contributed by atoms with Crippen LogP contribution in [0.3, 0.4) is 0 Å². The number of ether oxygens (including phenoxy) is 1. The topological polar surface area (TPSA) is 41.6 Å². The zero-order chi connectivity index (χ0) is 10.7. The minimum atomic E-state index is 0.137. The standard InChI is InChI=1S/C11H20N2O2/c1-2-13-7-10(15-8-11(13)14)9-4-3-5-12-6-9/h9-10,12H,2-8H2,1H3. The lowest BCUT2D eigenvalue weighted by molar-refractivity contribution is -0.152. The maximum absolute atomic E-state index is 11.4. The lowest BCUT2D eigenvalue weighted by atomic mass is 9.92. The number of rotatable bonds is 2. The van der Waals surface area contributed by atoms with Gasteiger partial charge in [-0.25, -0.2) is 0 Å². The van der Waals surface area contributed by atoms with Gasteiger partial charge in [-0.05, 0) is 32.2 Å². The highest BCUT2D eigenvalue weighted by Crippen LogP contribution is 2.20. The van der Waals surface area contributed by atoms with Crippen LogP contribution < -0.4 is 5.32 Å². The summed E-state index contributed by atoms with van der Waals surface area (Å²) in [5.41, 5.74) is 0. The summed E-state index contributed by atoms with van der Waals surface area (Å²) in [5, 5.41) is 3.39. The Labute approximate surface area is 91.0 Å². The van der Waals surface area contributed by atoms with Crippen LogP contribution in [0.25, 0.3) is 0 Å². The SMILES string of the molecule is CCN1CC(C2CCCNC2)OCC1=O. The predicted molar refractivity (Wildman–Crippen MR) is 57.6 cm³/mol. The number of likely N-dealkylation sites (N-methyl/N-ethyl adjacent to an activating group) is 1. The molecule has 0 radical (unpaired) electrons. The molecular formula is C11H20N2O2. The van der Waals surface area contributed by atoms with Crippen LogP contribution in [0.1, 0.15) is 19.8 Å². The quantitative estimate of drug-likeness (QED) is 0.712. The second kappa shape index (κ2) is 4.94. The van der Waals surface area contributed by atoms with Crippen molar-refractivity contribution in [2.24, 2.45) is 5.92 Å². The summed E-state index contributed by atoms with van der Waals surface area (Å²) in [4.78, 5) is 13.3. The molecule has 86 valence electrons. The van der Waals surface area contributed by atoms with Crippen LogP contribution in [0.2, 0.25) is 0 Å². The first kappa shape index (κ1) is 10.9. The Kier molecular flexibility index (Phi) is 3.59. The van der Waals surface area contributed by atoms with Crippen molar-refractivity contribution in [2.75, 3.05) is 32.8 Å². The third kappa shape index (κ3) is 2.49. The van der Waals surface area contributed by atoms with E-state index in [9.17, 15) is 4.79 Å². The number of amides is 1. The molecule has 2 fully saturated rings. The summed E-state index contributed by atoms with van der Waals surface area (Å²) in [5.74, 6) is 0.721. The summed E-state index contributed by atoms with van der Waals surface area (Å²) in [6.45, 7) is 6.05. The molecule has 0 aromatic heterocycles. The van der Waals surface area contributed by atoms with Crippen molar-refractivity contribution in [3.8, 4) is 0 Å². The first-order chi connectivity index (χ1) is 7.31. The number of hydrogen-bond acceptors (Lipinski definition) is 3. The van der Waals surface area contributed by atoms with E-state index in [2.05, 4.69) is 5.32 Å². The maximum Gasteiger partial charge on any atom is 0.248 e. The predicted octanol–water partition coefficient (Wildman–Crippen LogP) is 0.233. The molecule has 2 unspecified atom stereocenters. The normalized spacial score (nSPS) is 33.1. The zero-order valence-electron chi connectivity index (χ0n) is 9.37. The minimum absolute atomic E-state index is 0.137. The van der Waals surface area contributed by atoms with Gasteiger partial charge in [0.15, 0.2) is 0 Å². The van der Waals surface area contributed by atoms with Crippen LogP contribution in [0.4, 0.5) is 0 Å². The van der Waals surface area contributed by atoms with Gasteiger partial charge in [0.2, 0.25) is 5.91 Å². The lowest BCUT2D eigenvalue weighted by Gasteiger charge is -2.37. The molecule has 0 aromatic carbocycles. The number of hydrogen-bond donors (Lipinski definition) is 1. The van der Waals surface area contributed by atoms with E-state index in [4.69, 9.17) is 4.74 Å². The van der Waals surface area contributed by atoms with Gasteiger partial charge in [-0.2, -0.15) is 0 Å². The second-order valence-electron chi connectivity index (χ2n) is 4.39. The molecule has 0 aromatic rings. The monoisotopic (exact) mass is 212 g/mol. The third-order valence-electron chi connectivity index (χ3n) is 3.42. The third-order valence-corrected chi connectivity index (χ3v) is 3.42. The summed E-state index contributed by atoms with van der Waals surface area (Å²) < 4.78 is 5.63. The van der Waals surface area contributed by atoms with Crippen LogP contribution >= 0.6 is 0 Å². The number of piperidine rings is 1. The Morgan fingerprint density at radius 1 is 1.60 bits per heavy atom. The van der Waals surface area contributed by atoms with E-state index in [1.807, 2.05) is 11.8 Å². The molecule has 2 aliphatic heterocycles. The van der Waals surface area contributed by atoms with E-state index >= 15 is 0 Å². The Bertz CT molecular complexity index is 227. The highest BCUT2D eigenvalue weighted by Gasteiger charge is 2.31. The fraction of sp³-hybridized carbons (Fsp3) is 0.909. The first-order valence-corrected chi connectivity index (χ1v) is 5.91. The number of nitrogens with one attached hydrogen (secondary N) is 1. The van der Waals surface area contributed by atoms with Gasteiger partial charge in [0.25, 0.3) is 0 Å². The lowest BCUT2D eigenvalue weighted by Crippen LogP contribution is -2.51. The molecule has 2 atom stereocenters. The van der Waals surface area contributed by atoms with Crippen LogP contribution in [0.5, 0.6) is 0 Å². The second-order valence-corrected chi connectivity index (χ2v) is 4.39. The van der Waals surface area contributed by atoms with Gasteiger partial charge in [0.05, 0.1) is 6.10 Å². The first-order valence-electron chi connectivity index (χ1n) is 5.91. The Balaban J connectivity index is 1.89. The molecule has 1 amide bonds. The summed E-state index contributed by atoms with van der Waals surface area (Å²) in [7, 11) is 0. The number of carbonyl (C=O) groups excluding carboxylic acids is 1. The summed E-state index contributed by atoms with van der Waals surface area (Å²) >= 11 is 0. The van der Waals surface area contributed by atoms with E-state index in [1.54, 1.807) is 0 Å². The molecule has 2 saturated heterocycles. The number of morpholine rings is 1. The summed E-state index contributed by atoms with van der Waals surface area (Å²) in [6, 6.07) is 0. The van der Waals surface area contributed by atoms with Gasteiger partial charge in [0, 0.05) is 19.6 Å². The van der Waals surface area contributed by atoms with Crippen molar-refractivity contribution in [3.63, 3.8) is 0 Å². The smallest absolute Gasteiger partial charge is 0.248 e. The van der Waals surface area contributed by atoms with Crippen molar-refractivity contribution in [2.45, 2.75) is 25.9 Å². The minimum Gasteiger partial charge on any atom is -0.366 e. The molecule has 4 nitrogen and oxygen atoms in total. The fourth-order valence-electron chi connectivity index (χ4n) is 2.43. The zero-order valence-corrected chi connectivity index (χ0v) is 9.37.